The van der Waals surface area contributed by atoms with Crippen molar-refractivity contribution in [2.24, 2.45) is 5.92 Å². The quantitative estimate of drug-likeness (QED) is 0.735. The van der Waals surface area contributed by atoms with Crippen molar-refractivity contribution in [2.75, 3.05) is 6.54 Å². The van der Waals surface area contributed by atoms with Gasteiger partial charge >= 0.3 is 5.97 Å². The van der Waals surface area contributed by atoms with E-state index in [1.165, 1.54) is 12.8 Å². The average molecular weight is 250 g/mol. The lowest BCUT2D eigenvalue weighted by Gasteiger charge is -2.38. The first-order chi connectivity index (χ1) is 8.70. The van der Waals surface area contributed by atoms with Gasteiger partial charge in [-0.15, -0.1) is 0 Å². The maximum atomic E-state index is 10.8. The Kier molecular flexibility index (Phi) is 4.60. The minimum absolute atomic E-state index is 0.343. The number of nitriles is 1. The summed E-state index contributed by atoms with van der Waals surface area (Å²) in [6.45, 7) is 1.09. The molecule has 18 heavy (non-hydrogen) atoms. The summed E-state index contributed by atoms with van der Waals surface area (Å²) in [6.07, 6.45) is 7.68. The molecule has 2 bridgehead atoms. The van der Waals surface area contributed by atoms with E-state index in [2.05, 4.69) is 11.0 Å². The summed E-state index contributed by atoms with van der Waals surface area (Å²) in [7, 11) is 0. The Bertz CT molecular complexity index is 323. The van der Waals surface area contributed by atoms with E-state index in [-0.39, 0.29) is 0 Å². The van der Waals surface area contributed by atoms with Crippen molar-refractivity contribution in [3.05, 3.63) is 0 Å². The Morgan fingerprint density at radius 3 is 2.50 bits per heavy atom. The number of rotatable bonds is 6. The van der Waals surface area contributed by atoms with Crippen molar-refractivity contribution < 1.29 is 9.90 Å². The second kappa shape index (κ2) is 6.19. The third kappa shape index (κ3) is 3.23. The van der Waals surface area contributed by atoms with Crippen LogP contribution >= 0.6 is 0 Å². The molecule has 0 radical (unpaired) electrons. The largest absolute Gasteiger partial charge is 0.481 e. The van der Waals surface area contributed by atoms with E-state index in [0.29, 0.717) is 30.8 Å². The monoisotopic (exact) mass is 250 g/mol. The van der Waals surface area contributed by atoms with Crippen LogP contribution in [0.2, 0.25) is 0 Å². The summed E-state index contributed by atoms with van der Waals surface area (Å²) in [5, 5.41) is 17.4. The molecule has 2 saturated heterocycles. The van der Waals surface area contributed by atoms with Crippen LogP contribution in [0.4, 0.5) is 0 Å². The van der Waals surface area contributed by atoms with E-state index in [1.807, 2.05) is 0 Å². The fraction of sp³-hybridized carbons (Fsp3) is 0.857. The molecular formula is C14H22N2O2. The van der Waals surface area contributed by atoms with Crippen LogP contribution in [0.15, 0.2) is 0 Å². The predicted octanol–water partition coefficient (Wildman–Crippen LogP) is 2.40. The molecule has 1 N–H and O–H groups in total. The summed E-state index contributed by atoms with van der Waals surface area (Å²) in [4.78, 5) is 13.4. The van der Waals surface area contributed by atoms with Crippen LogP contribution < -0.4 is 0 Å². The highest BCUT2D eigenvalue weighted by Gasteiger charge is 2.40. The summed E-state index contributed by atoms with van der Waals surface area (Å²) in [5.74, 6) is -0.266. The molecular weight excluding hydrogens is 228 g/mol. The van der Waals surface area contributed by atoms with Crippen LogP contribution in [0.3, 0.4) is 0 Å². The number of unbranched alkanes of at least 4 members (excludes halogenated alkanes) is 2. The molecule has 2 rings (SSSR count). The van der Waals surface area contributed by atoms with Gasteiger partial charge in [0.2, 0.25) is 0 Å². The first-order valence-corrected chi connectivity index (χ1v) is 7.05. The molecule has 0 saturated carbocycles. The first-order valence-electron chi connectivity index (χ1n) is 7.05. The minimum atomic E-state index is -0.651. The van der Waals surface area contributed by atoms with Crippen LogP contribution in [0.25, 0.3) is 0 Å². The zero-order valence-corrected chi connectivity index (χ0v) is 10.8. The van der Waals surface area contributed by atoms with Gasteiger partial charge in [-0.3, -0.25) is 9.69 Å². The van der Waals surface area contributed by atoms with Gasteiger partial charge < -0.3 is 5.11 Å². The molecule has 0 amide bonds. The molecule has 0 aromatic heterocycles. The normalized spacial score (nSPS) is 31.2. The van der Waals surface area contributed by atoms with Gasteiger partial charge in [0.1, 0.15) is 0 Å². The third-order valence-electron chi connectivity index (χ3n) is 4.40. The summed E-state index contributed by atoms with van der Waals surface area (Å²) < 4.78 is 0. The Labute approximate surface area is 109 Å². The number of hydrogen-bond donors (Lipinski definition) is 1. The van der Waals surface area contributed by atoms with Crippen molar-refractivity contribution in [2.45, 2.75) is 63.5 Å². The van der Waals surface area contributed by atoms with Gasteiger partial charge in [0, 0.05) is 24.9 Å². The van der Waals surface area contributed by atoms with Crippen molar-refractivity contribution in [1.82, 2.24) is 4.90 Å². The second-order valence-corrected chi connectivity index (χ2v) is 5.67. The number of carbonyl (C=O) groups is 1. The van der Waals surface area contributed by atoms with Crippen LogP contribution in [-0.4, -0.2) is 34.6 Å². The highest BCUT2D eigenvalue weighted by atomic mass is 16.4. The maximum absolute atomic E-state index is 10.8. The molecule has 0 spiro atoms. The number of fused-ring (bicyclic) bond motifs is 2. The molecule has 2 aliphatic heterocycles. The molecule has 2 heterocycles. The van der Waals surface area contributed by atoms with E-state index in [0.717, 1.165) is 32.2 Å². The number of nitrogens with zero attached hydrogens (tertiary/aromatic N) is 2. The molecule has 2 fully saturated rings. The van der Waals surface area contributed by atoms with Crippen molar-refractivity contribution >= 4 is 5.97 Å². The van der Waals surface area contributed by atoms with E-state index < -0.39 is 5.97 Å². The zero-order valence-electron chi connectivity index (χ0n) is 10.8. The van der Waals surface area contributed by atoms with Crippen LogP contribution in [-0.2, 0) is 4.79 Å². The number of aliphatic carboxylic acids is 1. The van der Waals surface area contributed by atoms with Gasteiger partial charge in [-0.25, -0.2) is 0 Å². The molecule has 0 aromatic carbocycles. The average Bonchev–Trinajstić information content (AvgIpc) is 2.56. The van der Waals surface area contributed by atoms with Crippen LogP contribution in [0.1, 0.15) is 51.4 Å². The topological polar surface area (TPSA) is 64.3 Å². The Morgan fingerprint density at radius 2 is 1.94 bits per heavy atom. The Balaban J connectivity index is 1.79. The van der Waals surface area contributed by atoms with Crippen LogP contribution in [0.5, 0.6) is 0 Å². The van der Waals surface area contributed by atoms with Gasteiger partial charge in [0.05, 0.1) is 6.07 Å². The van der Waals surface area contributed by atoms with E-state index in [1.54, 1.807) is 0 Å². The van der Waals surface area contributed by atoms with Gasteiger partial charge in [0.15, 0.2) is 0 Å². The number of carboxylic acids is 1. The van der Waals surface area contributed by atoms with E-state index in [9.17, 15) is 4.79 Å². The Morgan fingerprint density at radius 1 is 1.28 bits per heavy atom. The van der Waals surface area contributed by atoms with E-state index in [4.69, 9.17) is 10.4 Å². The van der Waals surface area contributed by atoms with E-state index >= 15 is 0 Å². The minimum Gasteiger partial charge on any atom is -0.481 e. The fourth-order valence-electron chi connectivity index (χ4n) is 3.66. The lowest BCUT2D eigenvalue weighted by Crippen LogP contribution is -2.43. The molecule has 2 unspecified atom stereocenters. The second-order valence-electron chi connectivity index (χ2n) is 5.67. The third-order valence-corrected chi connectivity index (χ3v) is 4.40. The molecule has 0 aromatic rings. The van der Waals surface area contributed by atoms with Gasteiger partial charge in [0.25, 0.3) is 0 Å². The van der Waals surface area contributed by atoms with Crippen molar-refractivity contribution in [3.63, 3.8) is 0 Å². The summed E-state index contributed by atoms with van der Waals surface area (Å²) in [5.41, 5.74) is 0. The molecule has 4 heteroatoms. The van der Waals surface area contributed by atoms with Gasteiger partial charge in [-0.2, -0.15) is 5.26 Å². The number of piperidine rings is 1. The maximum Gasteiger partial charge on any atom is 0.303 e. The summed E-state index contributed by atoms with van der Waals surface area (Å²) >= 11 is 0. The highest BCUT2D eigenvalue weighted by Crippen LogP contribution is 2.39. The lowest BCUT2D eigenvalue weighted by molar-refractivity contribution is -0.138. The summed E-state index contributed by atoms with van der Waals surface area (Å²) in [6, 6.07) is 3.40. The molecule has 0 aliphatic carbocycles. The fourth-order valence-corrected chi connectivity index (χ4v) is 3.66. The van der Waals surface area contributed by atoms with Gasteiger partial charge in [-0.1, -0.05) is 0 Å². The van der Waals surface area contributed by atoms with Crippen molar-refractivity contribution in [1.29, 1.82) is 5.26 Å². The highest BCUT2D eigenvalue weighted by molar-refractivity contribution is 5.67. The lowest BCUT2D eigenvalue weighted by atomic mass is 9.88. The number of carboxylic acid groups (broad SMARTS) is 1. The molecule has 2 aliphatic rings. The number of hydrogen-bond acceptors (Lipinski definition) is 3. The standard InChI is InChI=1S/C14H22N2O2/c15-6-2-1-3-7-16-12-4-5-13(16)9-11(8-12)10-14(17)18/h11-13H,1-5,7-10H2,(H,17,18). The Hall–Kier alpha value is -1.08. The van der Waals surface area contributed by atoms with Crippen LogP contribution in [0, 0.1) is 17.2 Å². The SMILES string of the molecule is N#CCCCCN1C2CCC1CC(CC(=O)O)C2. The molecule has 4 nitrogen and oxygen atoms in total. The molecule has 100 valence electrons. The van der Waals surface area contributed by atoms with Crippen molar-refractivity contribution in [3.8, 4) is 6.07 Å². The predicted molar refractivity (Wildman–Crippen MR) is 68.0 cm³/mol. The van der Waals surface area contributed by atoms with Gasteiger partial charge in [-0.05, 0) is 51.0 Å². The first kappa shape index (κ1) is 13.4. The molecule has 2 atom stereocenters. The zero-order chi connectivity index (χ0) is 13.0. The smallest absolute Gasteiger partial charge is 0.303 e.